The standard InChI is InChI=1S/C24H16BrCl2NO7/c25-13-6-5-7-14(12-13)28-21(29)19(34-23(32)15-8-1-3-10-17(15)26)20(22(30)31)35-24(33)16-9-2-4-11-18(16)27/h1-12,19-20H,(H,28,29)(H,30,31)/t19-,20+/m1/s1. The van der Waals surface area contributed by atoms with E-state index in [1.54, 1.807) is 24.3 Å². The number of benzene rings is 3. The van der Waals surface area contributed by atoms with Gasteiger partial charge in [-0.1, -0.05) is 69.5 Å². The molecule has 0 saturated carbocycles. The van der Waals surface area contributed by atoms with Gasteiger partial charge in [-0.05, 0) is 42.5 Å². The highest BCUT2D eigenvalue weighted by atomic mass is 79.9. The summed E-state index contributed by atoms with van der Waals surface area (Å²) in [5, 5.41) is 12.3. The number of carbonyl (C=O) groups is 4. The molecular formula is C24H16BrCl2NO7. The lowest BCUT2D eigenvalue weighted by atomic mass is 10.1. The molecule has 0 bridgehead atoms. The fourth-order valence-corrected chi connectivity index (χ4v) is 3.71. The predicted octanol–water partition coefficient (Wildman–Crippen LogP) is 5.23. The van der Waals surface area contributed by atoms with Crippen molar-refractivity contribution in [2.24, 2.45) is 0 Å². The third-order valence-electron chi connectivity index (χ3n) is 4.52. The fourth-order valence-electron chi connectivity index (χ4n) is 2.89. The van der Waals surface area contributed by atoms with Gasteiger partial charge >= 0.3 is 17.9 Å². The van der Waals surface area contributed by atoms with Crippen molar-refractivity contribution in [3.8, 4) is 0 Å². The van der Waals surface area contributed by atoms with Gasteiger partial charge in [-0.25, -0.2) is 14.4 Å². The van der Waals surface area contributed by atoms with Crippen molar-refractivity contribution in [1.29, 1.82) is 0 Å². The predicted molar refractivity (Wildman–Crippen MR) is 132 cm³/mol. The molecule has 3 rings (SSSR count). The molecule has 0 aromatic heterocycles. The molecule has 3 aromatic rings. The highest BCUT2D eigenvalue weighted by Crippen LogP contribution is 2.22. The van der Waals surface area contributed by atoms with Gasteiger partial charge in [-0.2, -0.15) is 0 Å². The molecular weight excluding hydrogens is 565 g/mol. The number of hydrogen-bond donors (Lipinski definition) is 2. The van der Waals surface area contributed by atoms with E-state index in [0.29, 0.717) is 4.47 Å². The number of amides is 1. The summed E-state index contributed by atoms with van der Waals surface area (Å²) in [7, 11) is 0. The maximum absolute atomic E-state index is 13.1. The minimum Gasteiger partial charge on any atom is -0.478 e. The molecule has 0 unspecified atom stereocenters. The molecule has 11 heteroatoms. The molecule has 0 radical (unpaired) electrons. The van der Waals surface area contributed by atoms with Crippen LogP contribution in [-0.4, -0.2) is 41.1 Å². The molecule has 0 spiro atoms. The Morgan fingerprint density at radius 1 is 0.771 bits per heavy atom. The molecule has 2 N–H and O–H groups in total. The van der Waals surface area contributed by atoms with E-state index < -0.39 is 36.0 Å². The first-order valence-electron chi connectivity index (χ1n) is 9.87. The van der Waals surface area contributed by atoms with E-state index in [1.807, 2.05) is 0 Å². The lowest BCUT2D eigenvalue weighted by Gasteiger charge is -2.24. The first-order valence-corrected chi connectivity index (χ1v) is 11.4. The third kappa shape index (κ3) is 6.82. The lowest BCUT2D eigenvalue weighted by Crippen LogP contribution is -2.48. The molecule has 0 fully saturated rings. The first kappa shape index (κ1) is 26.2. The quantitative estimate of drug-likeness (QED) is 0.350. The molecule has 0 aliphatic rings. The number of carboxylic acids is 1. The number of esters is 2. The molecule has 35 heavy (non-hydrogen) atoms. The topological polar surface area (TPSA) is 119 Å². The second-order valence-electron chi connectivity index (χ2n) is 6.95. The van der Waals surface area contributed by atoms with E-state index in [1.165, 1.54) is 48.5 Å². The number of ether oxygens (including phenoxy) is 2. The molecule has 0 heterocycles. The minimum atomic E-state index is -2.21. The summed E-state index contributed by atoms with van der Waals surface area (Å²) in [5.74, 6) is -5.00. The van der Waals surface area contributed by atoms with Crippen LogP contribution < -0.4 is 5.32 Å². The van der Waals surface area contributed by atoms with Gasteiger partial charge in [-0.15, -0.1) is 0 Å². The van der Waals surface area contributed by atoms with Crippen molar-refractivity contribution >= 4 is 68.6 Å². The van der Waals surface area contributed by atoms with E-state index in [4.69, 9.17) is 32.7 Å². The SMILES string of the molecule is O=C(O[C@H](C(=O)O)[C@@H](OC(=O)c1ccccc1Cl)C(=O)Nc1cccc(Br)c1)c1ccccc1Cl. The van der Waals surface area contributed by atoms with Crippen molar-refractivity contribution in [2.45, 2.75) is 12.2 Å². The molecule has 8 nitrogen and oxygen atoms in total. The second kappa shape index (κ2) is 11.8. The average molecular weight is 581 g/mol. The summed E-state index contributed by atoms with van der Waals surface area (Å²) < 4.78 is 10.9. The number of carboxylic acid groups (broad SMARTS) is 1. The Morgan fingerprint density at radius 3 is 1.77 bits per heavy atom. The number of carbonyl (C=O) groups excluding carboxylic acids is 3. The van der Waals surface area contributed by atoms with Gasteiger partial charge in [0.1, 0.15) is 0 Å². The Morgan fingerprint density at radius 2 is 1.29 bits per heavy atom. The monoisotopic (exact) mass is 579 g/mol. The van der Waals surface area contributed by atoms with E-state index in [2.05, 4.69) is 21.2 Å². The fraction of sp³-hybridized carbons (Fsp3) is 0.0833. The summed E-state index contributed by atoms with van der Waals surface area (Å²) in [6, 6.07) is 18.0. The molecule has 0 aliphatic heterocycles. The highest BCUT2D eigenvalue weighted by molar-refractivity contribution is 9.10. The molecule has 0 aliphatic carbocycles. The van der Waals surface area contributed by atoms with Crippen LogP contribution in [0.2, 0.25) is 10.0 Å². The molecule has 180 valence electrons. The van der Waals surface area contributed by atoms with Gasteiger partial charge < -0.3 is 19.9 Å². The largest absolute Gasteiger partial charge is 0.478 e. The zero-order valence-corrected chi connectivity index (χ0v) is 20.7. The highest BCUT2D eigenvalue weighted by Gasteiger charge is 2.41. The van der Waals surface area contributed by atoms with E-state index >= 15 is 0 Å². The van der Waals surface area contributed by atoms with Crippen LogP contribution in [0.5, 0.6) is 0 Å². The van der Waals surface area contributed by atoms with Crippen LogP contribution in [-0.2, 0) is 19.1 Å². The van der Waals surface area contributed by atoms with Crippen LogP contribution in [0.25, 0.3) is 0 Å². The Balaban J connectivity index is 1.94. The van der Waals surface area contributed by atoms with E-state index in [0.717, 1.165) is 0 Å². The minimum absolute atomic E-state index is 0.00448. The lowest BCUT2D eigenvalue weighted by molar-refractivity contribution is -0.157. The summed E-state index contributed by atoms with van der Waals surface area (Å²) in [4.78, 5) is 50.6. The van der Waals surface area contributed by atoms with Crippen LogP contribution in [0.3, 0.4) is 0 Å². The summed E-state index contributed by atoms with van der Waals surface area (Å²) in [6.45, 7) is 0. The van der Waals surface area contributed by atoms with E-state index in [9.17, 15) is 24.3 Å². The number of halogens is 3. The first-order chi connectivity index (χ1) is 16.7. The van der Waals surface area contributed by atoms with E-state index in [-0.39, 0.29) is 26.9 Å². The maximum atomic E-state index is 13.1. The van der Waals surface area contributed by atoms with Gasteiger partial charge in [-0.3, -0.25) is 4.79 Å². The summed E-state index contributed by atoms with van der Waals surface area (Å²) in [5.41, 5.74) is 0.0183. The third-order valence-corrected chi connectivity index (χ3v) is 5.68. The molecule has 0 saturated heterocycles. The molecule has 1 amide bonds. The summed E-state index contributed by atoms with van der Waals surface area (Å²) in [6.07, 6.45) is -4.29. The molecule has 3 aromatic carbocycles. The van der Waals surface area contributed by atoms with Gasteiger partial charge in [0.15, 0.2) is 0 Å². The van der Waals surface area contributed by atoms with Crippen molar-refractivity contribution in [3.63, 3.8) is 0 Å². The zero-order chi connectivity index (χ0) is 25.5. The average Bonchev–Trinajstić information content (AvgIpc) is 2.81. The Kier molecular flexibility index (Phi) is 8.86. The van der Waals surface area contributed by atoms with Crippen LogP contribution >= 0.6 is 39.1 Å². The van der Waals surface area contributed by atoms with Gasteiger partial charge in [0.25, 0.3) is 5.91 Å². The zero-order valence-electron chi connectivity index (χ0n) is 17.6. The number of nitrogens with one attached hydrogen (secondary N) is 1. The normalized spacial score (nSPS) is 12.2. The Bertz CT molecular complexity index is 1280. The van der Waals surface area contributed by atoms with Gasteiger partial charge in [0, 0.05) is 10.2 Å². The van der Waals surface area contributed by atoms with Crippen LogP contribution in [0.15, 0.2) is 77.3 Å². The Hall–Kier alpha value is -3.40. The van der Waals surface area contributed by atoms with Crippen LogP contribution in [0, 0.1) is 0 Å². The van der Waals surface area contributed by atoms with Gasteiger partial charge in [0.05, 0.1) is 21.2 Å². The Labute approximate surface area is 217 Å². The number of aliphatic carboxylic acids is 1. The van der Waals surface area contributed by atoms with Crippen LogP contribution in [0.1, 0.15) is 20.7 Å². The summed E-state index contributed by atoms with van der Waals surface area (Å²) >= 11 is 15.3. The smallest absolute Gasteiger partial charge is 0.349 e. The van der Waals surface area contributed by atoms with Crippen molar-refractivity contribution in [3.05, 3.63) is 98.4 Å². The maximum Gasteiger partial charge on any atom is 0.349 e. The van der Waals surface area contributed by atoms with Crippen LogP contribution in [0.4, 0.5) is 5.69 Å². The number of anilines is 1. The van der Waals surface area contributed by atoms with Crippen molar-refractivity contribution < 1.29 is 33.8 Å². The number of rotatable bonds is 8. The number of hydrogen-bond acceptors (Lipinski definition) is 6. The second-order valence-corrected chi connectivity index (χ2v) is 8.68. The van der Waals surface area contributed by atoms with Gasteiger partial charge in [0.2, 0.25) is 12.2 Å². The molecule has 2 atom stereocenters. The van der Waals surface area contributed by atoms with Crippen molar-refractivity contribution in [1.82, 2.24) is 0 Å². The van der Waals surface area contributed by atoms with Crippen molar-refractivity contribution in [2.75, 3.05) is 5.32 Å².